The normalized spacial score (nSPS) is 10.2. The second-order valence-corrected chi connectivity index (χ2v) is 2.94. The van der Waals surface area contributed by atoms with E-state index in [1.807, 2.05) is 0 Å². The molecule has 88 valence electrons. The zero-order chi connectivity index (χ0) is 12.8. The van der Waals surface area contributed by atoms with Crippen molar-refractivity contribution in [3.05, 3.63) is 50.1 Å². The van der Waals surface area contributed by atoms with Gasteiger partial charge >= 0.3 is 5.69 Å². The highest BCUT2D eigenvalue weighted by Gasteiger charge is 2.17. The molecule has 0 fully saturated rings. The molecule has 1 N–H and O–H groups in total. The van der Waals surface area contributed by atoms with Crippen molar-refractivity contribution in [3.63, 3.8) is 0 Å². The van der Waals surface area contributed by atoms with E-state index in [2.05, 4.69) is 10.0 Å². The highest BCUT2D eigenvalue weighted by atomic mass is 19.1. The van der Waals surface area contributed by atoms with E-state index in [4.69, 9.17) is 5.53 Å². The first kappa shape index (κ1) is 12.5. The van der Waals surface area contributed by atoms with Gasteiger partial charge in [-0.25, -0.2) is 4.39 Å². The summed E-state index contributed by atoms with van der Waals surface area (Å²) >= 11 is 0. The van der Waals surface area contributed by atoms with Crippen LogP contribution in [0.25, 0.3) is 16.5 Å². The van der Waals surface area contributed by atoms with Gasteiger partial charge in [0.2, 0.25) is 5.75 Å². The molecule has 0 aliphatic heterocycles. The zero-order valence-electron chi connectivity index (χ0n) is 8.45. The van der Waals surface area contributed by atoms with E-state index in [0.29, 0.717) is 6.07 Å². The number of phenols is 1. The number of nitro groups is 1. The first-order valence-electron chi connectivity index (χ1n) is 4.40. The average Bonchev–Trinajstić information content (AvgIpc) is 2.28. The molecule has 0 radical (unpaired) electrons. The Kier molecular flexibility index (Phi) is 4.02. The van der Waals surface area contributed by atoms with Crippen molar-refractivity contribution in [2.24, 2.45) is 5.11 Å². The molecule has 0 spiro atoms. The maximum Gasteiger partial charge on any atom is 0.314 e. The summed E-state index contributed by atoms with van der Waals surface area (Å²) in [6.07, 6.45) is 2.58. The van der Waals surface area contributed by atoms with E-state index in [9.17, 15) is 19.6 Å². The average molecular weight is 238 g/mol. The Morgan fingerprint density at radius 1 is 1.65 bits per heavy atom. The summed E-state index contributed by atoms with van der Waals surface area (Å²) in [5.74, 6) is -1.47. The fourth-order valence-electron chi connectivity index (χ4n) is 1.13. The minimum Gasteiger partial charge on any atom is -0.502 e. The first-order valence-corrected chi connectivity index (χ1v) is 4.40. The van der Waals surface area contributed by atoms with Gasteiger partial charge in [0.1, 0.15) is 5.82 Å². The summed E-state index contributed by atoms with van der Waals surface area (Å²) < 4.78 is 13.0. The van der Waals surface area contributed by atoms with Crippen LogP contribution in [0.15, 0.2) is 23.3 Å². The molecule has 0 saturated heterocycles. The van der Waals surface area contributed by atoms with Crippen LogP contribution in [0, 0.1) is 15.9 Å². The molecule has 0 aliphatic rings. The molecule has 0 atom stereocenters. The minimum atomic E-state index is -0.886. The molecule has 7 nitrogen and oxygen atoms in total. The summed E-state index contributed by atoms with van der Waals surface area (Å²) in [7, 11) is 0. The largest absolute Gasteiger partial charge is 0.502 e. The number of hydrogen-bond donors (Lipinski definition) is 1. The van der Waals surface area contributed by atoms with Crippen molar-refractivity contribution in [1.29, 1.82) is 0 Å². The summed E-state index contributed by atoms with van der Waals surface area (Å²) in [5, 5.41) is 23.1. The second kappa shape index (κ2) is 5.47. The number of halogens is 1. The van der Waals surface area contributed by atoms with Crippen molar-refractivity contribution in [1.82, 2.24) is 0 Å². The van der Waals surface area contributed by atoms with Gasteiger partial charge < -0.3 is 5.11 Å². The van der Waals surface area contributed by atoms with Crippen molar-refractivity contribution >= 4 is 11.8 Å². The van der Waals surface area contributed by atoms with Gasteiger partial charge in [-0.2, -0.15) is 0 Å². The molecule has 0 amide bonds. The van der Waals surface area contributed by atoms with Crippen LogP contribution in [-0.2, 0) is 0 Å². The van der Waals surface area contributed by atoms with Crippen LogP contribution >= 0.6 is 0 Å². The first-order chi connectivity index (χ1) is 8.06. The number of hydrogen-bond acceptors (Lipinski definition) is 4. The van der Waals surface area contributed by atoms with Gasteiger partial charge in [-0.15, -0.1) is 0 Å². The predicted molar refractivity (Wildman–Crippen MR) is 57.8 cm³/mol. The summed E-state index contributed by atoms with van der Waals surface area (Å²) in [6, 6.07) is 1.56. The molecule has 0 bridgehead atoms. The van der Waals surface area contributed by atoms with E-state index in [0.717, 1.165) is 6.07 Å². The van der Waals surface area contributed by atoms with Gasteiger partial charge in [-0.3, -0.25) is 10.1 Å². The van der Waals surface area contributed by atoms with Gasteiger partial charge in [0.15, 0.2) is 0 Å². The maximum atomic E-state index is 13.0. The molecule has 1 rings (SSSR count). The molecule has 1 aromatic carbocycles. The van der Waals surface area contributed by atoms with E-state index in [-0.39, 0.29) is 12.1 Å². The molecule has 0 aromatic heterocycles. The molecule has 0 aliphatic carbocycles. The quantitative estimate of drug-likeness (QED) is 0.286. The van der Waals surface area contributed by atoms with Gasteiger partial charge in [0, 0.05) is 17.0 Å². The van der Waals surface area contributed by atoms with Gasteiger partial charge in [0.05, 0.1) is 11.0 Å². The number of nitro benzene ring substituents is 1. The van der Waals surface area contributed by atoms with E-state index in [1.54, 1.807) is 0 Å². The molecule has 8 heteroatoms. The molecule has 0 saturated carbocycles. The Morgan fingerprint density at radius 3 is 2.94 bits per heavy atom. The highest BCUT2D eigenvalue weighted by molar-refractivity contribution is 5.64. The fourth-order valence-corrected chi connectivity index (χ4v) is 1.13. The number of benzene rings is 1. The number of rotatable bonds is 4. The van der Waals surface area contributed by atoms with Crippen molar-refractivity contribution in [3.8, 4) is 5.75 Å². The molecule has 0 heterocycles. The lowest BCUT2D eigenvalue weighted by Gasteiger charge is -2.00. The van der Waals surface area contributed by atoms with Crippen molar-refractivity contribution < 1.29 is 14.4 Å². The Labute approximate surface area is 94.6 Å². The molecule has 17 heavy (non-hydrogen) atoms. The number of phenolic OH excluding ortho intramolecular Hbond substituents is 1. The van der Waals surface area contributed by atoms with Crippen LogP contribution in [0.2, 0.25) is 0 Å². The fraction of sp³-hybridized carbons (Fsp3) is 0.111. The van der Waals surface area contributed by atoms with Crippen LogP contribution < -0.4 is 0 Å². The molecular weight excluding hydrogens is 231 g/mol. The van der Waals surface area contributed by atoms with Crippen LogP contribution in [-0.4, -0.2) is 16.6 Å². The summed E-state index contributed by atoms with van der Waals surface area (Å²) in [5.41, 5.74) is 7.24. The van der Waals surface area contributed by atoms with Crippen molar-refractivity contribution in [2.75, 3.05) is 6.54 Å². The lowest BCUT2D eigenvalue weighted by Crippen LogP contribution is -1.92. The smallest absolute Gasteiger partial charge is 0.314 e. The third-order valence-corrected chi connectivity index (χ3v) is 1.83. The van der Waals surface area contributed by atoms with Crippen molar-refractivity contribution in [2.45, 2.75) is 0 Å². The molecular formula is C9H7FN4O3. The maximum absolute atomic E-state index is 13.0. The number of aromatic hydroxyl groups is 1. The Bertz CT molecular complexity index is 523. The molecule has 0 unspecified atom stereocenters. The number of nitrogens with zero attached hydrogens (tertiary/aromatic N) is 4. The van der Waals surface area contributed by atoms with E-state index >= 15 is 0 Å². The lowest BCUT2D eigenvalue weighted by atomic mass is 10.1. The minimum absolute atomic E-state index is 0.000249. The molecule has 1 aromatic rings. The van der Waals surface area contributed by atoms with Gasteiger partial charge in [-0.1, -0.05) is 17.3 Å². The summed E-state index contributed by atoms with van der Waals surface area (Å²) in [4.78, 5) is 12.1. The SMILES string of the molecule is [N-]=[N+]=NCC=Cc1cc(F)cc([N+](=O)[O-])c1O. The van der Waals surface area contributed by atoms with Gasteiger partial charge in [0.25, 0.3) is 0 Å². The Hall–Kier alpha value is -2.60. The monoisotopic (exact) mass is 238 g/mol. The van der Waals surface area contributed by atoms with Crippen LogP contribution in [0.5, 0.6) is 5.75 Å². The van der Waals surface area contributed by atoms with E-state index < -0.39 is 22.2 Å². The van der Waals surface area contributed by atoms with Crippen LogP contribution in [0.3, 0.4) is 0 Å². The zero-order valence-corrected chi connectivity index (χ0v) is 8.45. The van der Waals surface area contributed by atoms with E-state index in [1.165, 1.54) is 12.2 Å². The Morgan fingerprint density at radius 2 is 2.35 bits per heavy atom. The highest BCUT2D eigenvalue weighted by Crippen LogP contribution is 2.31. The summed E-state index contributed by atoms with van der Waals surface area (Å²) in [6.45, 7) is 0.000249. The number of azide groups is 1. The third kappa shape index (κ3) is 3.18. The predicted octanol–water partition coefficient (Wildman–Crippen LogP) is 2.76. The van der Waals surface area contributed by atoms with Crippen LogP contribution in [0.4, 0.5) is 10.1 Å². The van der Waals surface area contributed by atoms with Crippen LogP contribution in [0.1, 0.15) is 5.56 Å². The second-order valence-electron chi connectivity index (χ2n) is 2.94. The van der Waals surface area contributed by atoms with Gasteiger partial charge in [-0.05, 0) is 11.6 Å². The third-order valence-electron chi connectivity index (χ3n) is 1.83. The Balaban J connectivity index is 3.11. The standard InChI is InChI=1S/C9H7FN4O3/c10-7-4-6(2-1-3-12-13-11)9(15)8(5-7)14(16)17/h1-2,4-5,15H,3H2. The lowest BCUT2D eigenvalue weighted by molar-refractivity contribution is -0.386. The topological polar surface area (TPSA) is 112 Å².